The first-order valence-corrected chi connectivity index (χ1v) is 22.8. The summed E-state index contributed by atoms with van der Waals surface area (Å²) in [5.41, 5.74) is 0. The lowest BCUT2D eigenvalue weighted by Gasteiger charge is -2.28. The summed E-state index contributed by atoms with van der Waals surface area (Å²) in [6.45, 7) is 9.13. The van der Waals surface area contributed by atoms with Crippen LogP contribution in [0.2, 0.25) is 0 Å². The smallest absolute Gasteiger partial charge is 0.315 e. The fraction of sp³-hybridized carbons (Fsp3) is 0.930. The predicted octanol–water partition coefficient (Wildman–Crippen LogP) is 12.2. The second-order valence-electron chi connectivity index (χ2n) is 15.1. The molecule has 0 radical (unpaired) electrons. The Morgan fingerprint density at radius 2 is 0.981 bits per heavy atom. The SMILES string of the molecule is CCCCCCCCC(CCCCCCCC)OC(=O)CCCCCCC(C)N(CCO)CCCCCCCC(=O)OCCCCCCC(=O)OI. The van der Waals surface area contributed by atoms with Gasteiger partial charge in [0.25, 0.3) is 0 Å². The van der Waals surface area contributed by atoms with Crippen molar-refractivity contribution in [1.82, 2.24) is 4.90 Å². The molecule has 0 saturated heterocycles. The predicted molar refractivity (Wildman–Crippen MR) is 224 cm³/mol. The van der Waals surface area contributed by atoms with Crippen LogP contribution in [0.3, 0.4) is 0 Å². The van der Waals surface area contributed by atoms with Gasteiger partial charge in [0.2, 0.25) is 0 Å². The molecule has 0 aliphatic rings. The minimum absolute atomic E-state index is 0.000934. The fourth-order valence-corrected chi connectivity index (χ4v) is 7.09. The first kappa shape index (κ1) is 51.1. The average Bonchev–Trinajstić information content (AvgIpc) is 3.14. The Hall–Kier alpha value is -0.940. The summed E-state index contributed by atoms with van der Waals surface area (Å²) in [4.78, 5) is 38.2. The van der Waals surface area contributed by atoms with Crippen LogP contribution in [0.4, 0.5) is 0 Å². The van der Waals surface area contributed by atoms with E-state index in [0.717, 1.165) is 109 Å². The number of aliphatic hydroxyl groups excluding tert-OH is 1. The molecule has 0 heterocycles. The number of unbranched alkanes of at least 4 members (excludes halogenated alkanes) is 20. The number of rotatable bonds is 40. The van der Waals surface area contributed by atoms with Gasteiger partial charge < -0.3 is 17.6 Å². The molecule has 0 aromatic rings. The van der Waals surface area contributed by atoms with E-state index in [1.165, 1.54) is 77.0 Å². The summed E-state index contributed by atoms with van der Waals surface area (Å²) in [7, 11) is 0. The molecule has 0 aliphatic carbocycles. The number of halogens is 1. The molecule has 1 N–H and O–H groups in total. The highest BCUT2D eigenvalue weighted by molar-refractivity contribution is 14.1. The van der Waals surface area contributed by atoms with Crippen molar-refractivity contribution in [2.45, 2.75) is 232 Å². The zero-order valence-corrected chi connectivity index (χ0v) is 36.3. The quantitative estimate of drug-likeness (QED) is 0.0369. The Kier molecular flexibility index (Phi) is 39.0. The van der Waals surface area contributed by atoms with Gasteiger partial charge in [-0.05, 0) is 77.7 Å². The lowest BCUT2D eigenvalue weighted by Crippen LogP contribution is -2.36. The summed E-state index contributed by atoms with van der Waals surface area (Å²) in [5.74, 6) is -0.289. The number of nitrogens with zero attached hydrogens (tertiary/aromatic N) is 1. The maximum absolute atomic E-state index is 12.7. The lowest BCUT2D eigenvalue weighted by atomic mass is 10.0. The van der Waals surface area contributed by atoms with Gasteiger partial charge in [0.05, 0.1) is 13.2 Å². The molecular formula is C43H82INO7. The fourth-order valence-electron chi connectivity index (χ4n) is 6.87. The van der Waals surface area contributed by atoms with Gasteiger partial charge in [-0.2, -0.15) is 0 Å². The van der Waals surface area contributed by atoms with Gasteiger partial charge in [-0.3, -0.25) is 19.3 Å². The number of hydrogen-bond donors (Lipinski definition) is 1. The van der Waals surface area contributed by atoms with Crippen LogP contribution in [0, 0.1) is 0 Å². The summed E-state index contributed by atoms with van der Waals surface area (Å²) in [6, 6.07) is 0.434. The van der Waals surface area contributed by atoms with E-state index in [2.05, 4.69) is 28.7 Å². The zero-order chi connectivity index (χ0) is 38.3. The maximum atomic E-state index is 12.7. The topological polar surface area (TPSA) is 102 Å². The van der Waals surface area contributed by atoms with Crippen LogP contribution in [0.5, 0.6) is 0 Å². The highest BCUT2D eigenvalue weighted by Gasteiger charge is 2.15. The minimum atomic E-state index is -0.182. The van der Waals surface area contributed by atoms with E-state index in [1.807, 2.05) is 0 Å². The molecule has 9 heteroatoms. The Morgan fingerprint density at radius 1 is 0.538 bits per heavy atom. The molecule has 52 heavy (non-hydrogen) atoms. The van der Waals surface area contributed by atoms with Gasteiger partial charge in [-0.25, -0.2) is 0 Å². The number of ether oxygens (including phenoxy) is 2. The molecular weight excluding hydrogens is 769 g/mol. The summed E-state index contributed by atoms with van der Waals surface area (Å²) in [5, 5.41) is 9.65. The van der Waals surface area contributed by atoms with E-state index >= 15 is 0 Å². The van der Waals surface area contributed by atoms with Gasteiger partial charge in [0, 0.05) is 31.8 Å². The van der Waals surface area contributed by atoms with Crippen LogP contribution in [-0.4, -0.2) is 66.4 Å². The van der Waals surface area contributed by atoms with Gasteiger partial charge in [0.15, 0.2) is 23.0 Å². The zero-order valence-electron chi connectivity index (χ0n) is 34.1. The number of aliphatic hydroxyl groups is 1. The van der Waals surface area contributed by atoms with Crippen LogP contribution in [0.25, 0.3) is 0 Å². The Morgan fingerprint density at radius 3 is 1.52 bits per heavy atom. The van der Waals surface area contributed by atoms with E-state index < -0.39 is 0 Å². The van der Waals surface area contributed by atoms with Crippen molar-refractivity contribution in [3.63, 3.8) is 0 Å². The second kappa shape index (κ2) is 39.7. The van der Waals surface area contributed by atoms with Crippen LogP contribution >= 0.6 is 23.0 Å². The van der Waals surface area contributed by atoms with E-state index in [4.69, 9.17) is 9.47 Å². The molecule has 1 unspecified atom stereocenters. The van der Waals surface area contributed by atoms with Crippen molar-refractivity contribution in [3.8, 4) is 0 Å². The number of esters is 2. The molecule has 0 aromatic heterocycles. The molecule has 1 atom stereocenters. The monoisotopic (exact) mass is 852 g/mol. The van der Waals surface area contributed by atoms with Gasteiger partial charge in [0.1, 0.15) is 6.10 Å². The largest absolute Gasteiger partial charge is 0.466 e. The van der Waals surface area contributed by atoms with Gasteiger partial charge in [-0.1, -0.05) is 129 Å². The molecule has 0 aromatic carbocycles. The highest BCUT2D eigenvalue weighted by Crippen LogP contribution is 2.19. The van der Waals surface area contributed by atoms with Crippen molar-refractivity contribution in [1.29, 1.82) is 0 Å². The van der Waals surface area contributed by atoms with E-state index in [0.29, 0.717) is 38.5 Å². The van der Waals surface area contributed by atoms with Crippen molar-refractivity contribution in [3.05, 3.63) is 0 Å². The van der Waals surface area contributed by atoms with Crippen LogP contribution in [0.1, 0.15) is 220 Å². The molecule has 0 bridgehead atoms. The Balaban J connectivity index is 4.07. The average molecular weight is 852 g/mol. The van der Waals surface area contributed by atoms with E-state index in [9.17, 15) is 19.5 Å². The minimum Gasteiger partial charge on any atom is -0.466 e. The van der Waals surface area contributed by atoms with Crippen LogP contribution in [-0.2, 0) is 26.9 Å². The van der Waals surface area contributed by atoms with Crippen LogP contribution in [0.15, 0.2) is 0 Å². The summed E-state index contributed by atoms with van der Waals surface area (Å²) >= 11 is 1.61. The second-order valence-corrected chi connectivity index (χ2v) is 15.6. The number of hydrogen-bond acceptors (Lipinski definition) is 8. The van der Waals surface area contributed by atoms with Crippen molar-refractivity contribution in [2.75, 3.05) is 26.3 Å². The Bertz CT molecular complexity index is 798. The molecule has 0 saturated carbocycles. The standard InChI is InChI=1S/C43H82INO7/c1-4-6-8-10-13-22-30-40(31-23-14-11-9-7-5-2)51-42(48)33-25-17-16-21-29-39(3)45(36-37-46)35-27-19-12-15-24-32-41(47)50-38-28-20-18-26-34-43(49)52-44/h39-40,46H,4-38H2,1-3H3. The molecule has 0 fully saturated rings. The van der Waals surface area contributed by atoms with Crippen molar-refractivity contribution < 1.29 is 32.0 Å². The maximum Gasteiger partial charge on any atom is 0.315 e. The summed E-state index contributed by atoms with van der Waals surface area (Å²) in [6.07, 6.45) is 33.0. The molecule has 0 amide bonds. The van der Waals surface area contributed by atoms with E-state index in [-0.39, 0.29) is 30.6 Å². The third-order valence-electron chi connectivity index (χ3n) is 10.3. The van der Waals surface area contributed by atoms with Gasteiger partial charge in [-0.15, -0.1) is 0 Å². The highest BCUT2D eigenvalue weighted by atomic mass is 127. The summed E-state index contributed by atoms with van der Waals surface area (Å²) < 4.78 is 16.0. The van der Waals surface area contributed by atoms with Crippen molar-refractivity contribution >= 4 is 40.9 Å². The number of carbonyl (C=O) groups excluding carboxylic acids is 3. The van der Waals surface area contributed by atoms with Crippen LogP contribution < -0.4 is 0 Å². The normalized spacial score (nSPS) is 12.1. The molecule has 0 rings (SSSR count). The first-order valence-electron chi connectivity index (χ1n) is 21.9. The molecule has 308 valence electrons. The number of carbonyl (C=O) groups is 3. The lowest BCUT2D eigenvalue weighted by molar-refractivity contribution is -0.150. The van der Waals surface area contributed by atoms with Gasteiger partial charge >= 0.3 is 17.9 Å². The Labute approximate surface area is 334 Å². The van der Waals surface area contributed by atoms with Crippen molar-refractivity contribution in [2.24, 2.45) is 0 Å². The third-order valence-corrected chi connectivity index (χ3v) is 10.8. The third kappa shape index (κ3) is 34.8. The molecule has 8 nitrogen and oxygen atoms in total. The first-order chi connectivity index (χ1) is 25.4. The molecule has 0 spiro atoms. The van der Waals surface area contributed by atoms with E-state index in [1.54, 1.807) is 23.0 Å². The molecule has 0 aliphatic heterocycles.